The molecule has 3 aromatic rings. The van der Waals surface area contributed by atoms with Gasteiger partial charge in [0.15, 0.2) is 5.79 Å². The van der Waals surface area contributed by atoms with Crippen molar-refractivity contribution >= 4 is 24.1 Å². The maximum Gasteiger partial charge on any atom is 0.407 e. The van der Waals surface area contributed by atoms with Crippen LogP contribution in [0.4, 0.5) is 14.0 Å². The molecular weight excluding hydrogens is 697 g/mol. The zero-order valence-electron chi connectivity index (χ0n) is 30.6. The Morgan fingerprint density at radius 1 is 0.852 bits per heavy atom. The van der Waals surface area contributed by atoms with Gasteiger partial charge < -0.3 is 39.6 Å². The molecule has 3 N–H and O–H groups in total. The second-order valence-electron chi connectivity index (χ2n) is 13.6. The Bertz CT molecular complexity index is 1650. The predicted molar refractivity (Wildman–Crippen MR) is 197 cm³/mol. The summed E-state index contributed by atoms with van der Waals surface area (Å²) in [5.74, 6) is -2.33. The lowest BCUT2D eigenvalue weighted by atomic mass is 9.90. The standard InChI is InChI=1S/C41H50FN3O9/c1-2-50-38(47)36(24-30-10-5-3-6-11-30)45-37(46)20-19-33-25-35(52-40(49)43-23-21-29-15-17-32(42)18-16-29)26-41(53-33)22-9-14-34(54-41)28-51-39(48)44-27-31-12-7-4-8-13-31/h3-8,10-13,15-18,33-36H,2,9,14,19-28H2,1H3,(H,43,49)(H,44,48)(H,45,46)/t33?,34?,35?,36-,41?/m0/s1. The molecule has 0 radical (unpaired) electrons. The Kier molecular flexibility index (Phi) is 15.2. The summed E-state index contributed by atoms with van der Waals surface area (Å²) in [5.41, 5.74) is 2.69. The number of amides is 3. The quantitative estimate of drug-likeness (QED) is 0.120. The van der Waals surface area contributed by atoms with Gasteiger partial charge in [-0.3, -0.25) is 4.79 Å². The van der Waals surface area contributed by atoms with E-state index in [2.05, 4.69) is 16.0 Å². The molecule has 12 nitrogen and oxygen atoms in total. The van der Waals surface area contributed by atoms with Crippen LogP contribution in [-0.2, 0) is 52.7 Å². The Morgan fingerprint density at radius 2 is 1.56 bits per heavy atom. The van der Waals surface area contributed by atoms with E-state index in [0.717, 1.165) is 16.7 Å². The molecule has 54 heavy (non-hydrogen) atoms. The van der Waals surface area contributed by atoms with E-state index in [9.17, 15) is 23.6 Å². The SMILES string of the molecule is CCOC(=O)[C@H](Cc1ccccc1)NC(=O)CCC1CC(OC(=O)NCCc2ccc(F)cc2)CC2(CCCC(COC(=O)NCc3ccccc3)O2)O1. The third-order valence-corrected chi connectivity index (χ3v) is 9.34. The number of esters is 1. The molecule has 0 aromatic heterocycles. The van der Waals surface area contributed by atoms with Crippen LogP contribution in [-0.4, -0.2) is 74.0 Å². The summed E-state index contributed by atoms with van der Waals surface area (Å²) in [7, 11) is 0. The van der Waals surface area contributed by atoms with Gasteiger partial charge in [0.1, 0.15) is 24.6 Å². The molecule has 3 amide bonds. The van der Waals surface area contributed by atoms with E-state index in [1.807, 2.05) is 60.7 Å². The number of hydrogen-bond donors (Lipinski definition) is 3. The number of ether oxygens (including phenoxy) is 5. The van der Waals surface area contributed by atoms with E-state index < -0.39 is 48.3 Å². The lowest BCUT2D eigenvalue weighted by Crippen LogP contribution is -2.54. The molecule has 2 aliphatic heterocycles. The third kappa shape index (κ3) is 13.1. The van der Waals surface area contributed by atoms with Gasteiger partial charge in [-0.15, -0.1) is 0 Å². The smallest absolute Gasteiger partial charge is 0.407 e. The molecule has 3 aromatic carbocycles. The third-order valence-electron chi connectivity index (χ3n) is 9.34. The van der Waals surface area contributed by atoms with Crippen molar-refractivity contribution in [3.63, 3.8) is 0 Å². The van der Waals surface area contributed by atoms with Gasteiger partial charge in [0.25, 0.3) is 0 Å². The fourth-order valence-corrected chi connectivity index (χ4v) is 6.75. The van der Waals surface area contributed by atoms with Crippen LogP contribution in [0, 0.1) is 5.82 Å². The second-order valence-corrected chi connectivity index (χ2v) is 13.6. The number of rotatable bonds is 16. The first-order chi connectivity index (χ1) is 26.2. The molecule has 290 valence electrons. The Labute approximate surface area is 315 Å². The maximum atomic E-state index is 13.3. The zero-order valence-corrected chi connectivity index (χ0v) is 30.6. The molecule has 4 unspecified atom stereocenters. The highest BCUT2D eigenvalue weighted by Crippen LogP contribution is 2.41. The van der Waals surface area contributed by atoms with Crippen molar-refractivity contribution in [3.05, 3.63) is 107 Å². The highest BCUT2D eigenvalue weighted by atomic mass is 19.1. The van der Waals surface area contributed by atoms with Gasteiger partial charge in [0.2, 0.25) is 5.91 Å². The number of benzene rings is 3. The van der Waals surface area contributed by atoms with Gasteiger partial charge in [0, 0.05) is 45.2 Å². The van der Waals surface area contributed by atoms with Gasteiger partial charge in [-0.1, -0.05) is 72.8 Å². The lowest BCUT2D eigenvalue weighted by molar-refractivity contribution is -0.329. The first-order valence-corrected chi connectivity index (χ1v) is 18.7. The number of alkyl carbamates (subject to hydrolysis) is 2. The van der Waals surface area contributed by atoms with Gasteiger partial charge in [-0.2, -0.15) is 0 Å². The highest BCUT2D eigenvalue weighted by molar-refractivity contribution is 5.84. The van der Waals surface area contributed by atoms with Crippen molar-refractivity contribution in [2.75, 3.05) is 19.8 Å². The minimum atomic E-state index is -1.13. The van der Waals surface area contributed by atoms with Crippen LogP contribution in [0.2, 0.25) is 0 Å². The minimum Gasteiger partial charge on any atom is -0.464 e. The topological polar surface area (TPSA) is 151 Å². The van der Waals surface area contributed by atoms with Crippen LogP contribution in [0.15, 0.2) is 84.9 Å². The maximum absolute atomic E-state index is 13.3. The molecule has 2 aliphatic rings. The molecular formula is C41H50FN3O9. The van der Waals surface area contributed by atoms with Crippen LogP contribution in [0.1, 0.15) is 68.6 Å². The average Bonchev–Trinajstić information content (AvgIpc) is 3.17. The molecule has 0 saturated carbocycles. The highest BCUT2D eigenvalue weighted by Gasteiger charge is 2.47. The van der Waals surface area contributed by atoms with Gasteiger partial charge in [0.05, 0.1) is 18.8 Å². The summed E-state index contributed by atoms with van der Waals surface area (Å²) < 4.78 is 43.0. The molecule has 2 saturated heterocycles. The summed E-state index contributed by atoms with van der Waals surface area (Å²) in [6, 6.07) is 24.1. The van der Waals surface area contributed by atoms with Gasteiger partial charge in [-0.25, -0.2) is 18.8 Å². The number of hydrogen-bond acceptors (Lipinski definition) is 9. The average molecular weight is 748 g/mol. The zero-order chi connectivity index (χ0) is 38.2. The van der Waals surface area contributed by atoms with Crippen LogP contribution >= 0.6 is 0 Å². The number of nitrogens with one attached hydrogen (secondary N) is 3. The van der Waals surface area contributed by atoms with Gasteiger partial charge in [-0.05, 0) is 61.4 Å². The van der Waals surface area contributed by atoms with Crippen LogP contribution in [0.25, 0.3) is 0 Å². The summed E-state index contributed by atoms with van der Waals surface area (Å²) in [5, 5.41) is 8.34. The fourth-order valence-electron chi connectivity index (χ4n) is 6.75. The Balaban J connectivity index is 1.19. The van der Waals surface area contributed by atoms with E-state index in [0.29, 0.717) is 38.6 Å². The number of carbonyl (C=O) groups excluding carboxylic acids is 4. The molecule has 2 heterocycles. The van der Waals surface area contributed by atoms with Crippen LogP contribution < -0.4 is 16.0 Å². The summed E-state index contributed by atoms with van der Waals surface area (Å²) in [6.07, 6.45) is 0.747. The monoisotopic (exact) mass is 747 g/mol. The van der Waals surface area contributed by atoms with E-state index in [1.54, 1.807) is 19.1 Å². The number of carbonyl (C=O) groups is 4. The van der Waals surface area contributed by atoms with Crippen molar-refractivity contribution in [2.24, 2.45) is 0 Å². The van der Waals surface area contributed by atoms with E-state index in [1.165, 1.54) is 12.1 Å². The van der Waals surface area contributed by atoms with Crippen molar-refractivity contribution < 1.29 is 47.3 Å². The minimum absolute atomic E-state index is 0.00482. The molecule has 0 bridgehead atoms. The second kappa shape index (κ2) is 20.4. The van der Waals surface area contributed by atoms with Crippen molar-refractivity contribution in [3.8, 4) is 0 Å². The molecule has 13 heteroatoms. The van der Waals surface area contributed by atoms with Crippen LogP contribution in [0.5, 0.6) is 0 Å². The van der Waals surface area contributed by atoms with Crippen molar-refractivity contribution in [1.29, 1.82) is 0 Å². The molecule has 2 fully saturated rings. The number of halogens is 1. The first-order valence-electron chi connectivity index (χ1n) is 18.7. The van der Waals surface area contributed by atoms with Crippen LogP contribution in [0.3, 0.4) is 0 Å². The van der Waals surface area contributed by atoms with E-state index in [4.69, 9.17) is 23.7 Å². The summed E-state index contributed by atoms with van der Waals surface area (Å²) in [4.78, 5) is 51.4. The predicted octanol–water partition coefficient (Wildman–Crippen LogP) is 5.90. The summed E-state index contributed by atoms with van der Waals surface area (Å²) >= 11 is 0. The van der Waals surface area contributed by atoms with Gasteiger partial charge >= 0.3 is 18.2 Å². The van der Waals surface area contributed by atoms with E-state index in [-0.39, 0.29) is 57.2 Å². The largest absolute Gasteiger partial charge is 0.464 e. The molecule has 0 aliphatic carbocycles. The Morgan fingerprint density at radius 3 is 2.28 bits per heavy atom. The first kappa shape index (κ1) is 40.2. The van der Waals surface area contributed by atoms with Crippen molar-refractivity contribution in [1.82, 2.24) is 16.0 Å². The molecule has 1 spiro atoms. The molecule has 5 rings (SSSR count). The van der Waals surface area contributed by atoms with Crippen molar-refractivity contribution in [2.45, 2.75) is 101 Å². The Hall–Kier alpha value is -5.01. The lowest BCUT2D eigenvalue weighted by Gasteiger charge is -2.47. The fraction of sp³-hybridized carbons (Fsp3) is 0.463. The molecule has 5 atom stereocenters. The normalized spacial score (nSPS) is 21.3. The van der Waals surface area contributed by atoms with E-state index >= 15 is 0 Å². The summed E-state index contributed by atoms with van der Waals surface area (Å²) in [6.45, 7) is 2.51.